The molecule has 5 heteroatoms. The molecule has 2 aromatic rings. The van der Waals surface area contributed by atoms with Crippen LogP contribution in [0, 0.1) is 6.92 Å². The Kier molecular flexibility index (Phi) is 5.58. The maximum Gasteiger partial charge on any atom is 0.133 e. The predicted octanol–water partition coefficient (Wildman–Crippen LogP) is 5.87. The molecule has 0 radical (unpaired) electrons. The topological polar surface area (TPSA) is 18.5 Å². The number of benzene rings is 2. The van der Waals surface area contributed by atoms with E-state index < -0.39 is 0 Å². The number of ether oxygens (including phenoxy) is 2. The van der Waals surface area contributed by atoms with Crippen molar-refractivity contribution in [3.63, 3.8) is 0 Å². The van der Waals surface area contributed by atoms with Gasteiger partial charge in [0.15, 0.2) is 0 Å². The molecular formula is C16H15Br2ClO2. The van der Waals surface area contributed by atoms with Crippen molar-refractivity contribution in [2.45, 2.75) is 12.3 Å². The third kappa shape index (κ3) is 3.55. The maximum atomic E-state index is 6.70. The van der Waals surface area contributed by atoms with Gasteiger partial charge in [-0.05, 0) is 58.2 Å². The Morgan fingerprint density at radius 1 is 0.952 bits per heavy atom. The van der Waals surface area contributed by atoms with Crippen LogP contribution in [0.2, 0.25) is 0 Å². The quantitative estimate of drug-likeness (QED) is 0.561. The van der Waals surface area contributed by atoms with Crippen LogP contribution >= 0.6 is 43.5 Å². The first-order valence-corrected chi connectivity index (χ1v) is 8.31. The Hall–Kier alpha value is -0.710. The average Bonchev–Trinajstić information content (AvgIpc) is 2.48. The molecule has 0 aliphatic carbocycles. The molecule has 0 N–H and O–H groups in total. The van der Waals surface area contributed by atoms with Crippen LogP contribution in [0.25, 0.3) is 0 Å². The van der Waals surface area contributed by atoms with Gasteiger partial charge in [0.25, 0.3) is 0 Å². The summed E-state index contributed by atoms with van der Waals surface area (Å²) in [6.07, 6.45) is 0. The lowest BCUT2D eigenvalue weighted by Gasteiger charge is -2.18. The summed E-state index contributed by atoms with van der Waals surface area (Å²) in [7, 11) is 3.26. The highest BCUT2D eigenvalue weighted by molar-refractivity contribution is 9.10. The number of halogens is 3. The van der Waals surface area contributed by atoms with Gasteiger partial charge in [0, 0.05) is 10.0 Å². The zero-order valence-corrected chi connectivity index (χ0v) is 15.8. The summed E-state index contributed by atoms with van der Waals surface area (Å²) >= 11 is 13.7. The summed E-state index contributed by atoms with van der Waals surface area (Å²) in [6.45, 7) is 2.04. The second kappa shape index (κ2) is 7.03. The molecule has 21 heavy (non-hydrogen) atoms. The molecule has 0 aromatic heterocycles. The summed E-state index contributed by atoms with van der Waals surface area (Å²) in [4.78, 5) is 0. The average molecular weight is 435 g/mol. The van der Waals surface area contributed by atoms with E-state index in [-0.39, 0.29) is 5.38 Å². The summed E-state index contributed by atoms with van der Waals surface area (Å²) in [5, 5.41) is -0.320. The number of alkyl halides is 1. The summed E-state index contributed by atoms with van der Waals surface area (Å²) in [5.41, 5.74) is 3.04. The molecule has 0 heterocycles. The highest BCUT2D eigenvalue weighted by Gasteiger charge is 2.20. The fraction of sp³-hybridized carbons (Fsp3) is 0.250. The van der Waals surface area contributed by atoms with E-state index in [1.54, 1.807) is 14.2 Å². The van der Waals surface area contributed by atoms with Gasteiger partial charge in [-0.15, -0.1) is 11.6 Å². The van der Waals surface area contributed by atoms with E-state index in [0.717, 1.165) is 37.1 Å². The Balaban J connectivity index is 2.56. The normalized spacial score (nSPS) is 12.1. The first kappa shape index (κ1) is 16.7. The second-order valence-electron chi connectivity index (χ2n) is 4.59. The highest BCUT2D eigenvalue weighted by atomic mass is 79.9. The molecular weight excluding hydrogens is 419 g/mol. The molecule has 0 spiro atoms. The van der Waals surface area contributed by atoms with E-state index in [4.69, 9.17) is 21.1 Å². The minimum absolute atomic E-state index is 0.320. The van der Waals surface area contributed by atoms with Crippen molar-refractivity contribution in [2.24, 2.45) is 0 Å². The number of hydrogen-bond acceptors (Lipinski definition) is 2. The lowest BCUT2D eigenvalue weighted by atomic mass is 9.99. The van der Waals surface area contributed by atoms with E-state index in [0.29, 0.717) is 0 Å². The van der Waals surface area contributed by atoms with Crippen molar-refractivity contribution in [3.8, 4) is 11.5 Å². The van der Waals surface area contributed by atoms with Crippen molar-refractivity contribution in [1.29, 1.82) is 0 Å². The molecule has 112 valence electrons. The molecule has 0 saturated heterocycles. The fourth-order valence-corrected chi connectivity index (χ4v) is 3.40. The molecule has 0 bridgehead atoms. The standard InChI is InChI=1S/C16H15Br2ClO2/c1-9-4-5-10(17)6-11(9)16(19)12-7-15(21-3)13(18)8-14(12)20-2/h4-8,16H,1-3H3. The van der Waals surface area contributed by atoms with Crippen molar-refractivity contribution in [2.75, 3.05) is 14.2 Å². The van der Waals surface area contributed by atoms with Crippen LogP contribution < -0.4 is 9.47 Å². The van der Waals surface area contributed by atoms with Gasteiger partial charge >= 0.3 is 0 Å². The van der Waals surface area contributed by atoms with Crippen LogP contribution in [-0.4, -0.2) is 14.2 Å². The molecule has 2 nitrogen and oxygen atoms in total. The zero-order chi connectivity index (χ0) is 15.6. The van der Waals surface area contributed by atoms with Crippen molar-refractivity contribution < 1.29 is 9.47 Å². The monoisotopic (exact) mass is 432 g/mol. The number of rotatable bonds is 4. The van der Waals surface area contributed by atoms with Gasteiger partial charge in [-0.3, -0.25) is 0 Å². The molecule has 1 atom stereocenters. The molecule has 0 fully saturated rings. The van der Waals surface area contributed by atoms with Crippen LogP contribution in [-0.2, 0) is 0 Å². The minimum Gasteiger partial charge on any atom is -0.496 e. The molecule has 2 aromatic carbocycles. The number of methoxy groups -OCH3 is 2. The fourth-order valence-electron chi connectivity index (χ4n) is 2.13. The summed E-state index contributed by atoms with van der Waals surface area (Å²) < 4.78 is 12.6. The van der Waals surface area contributed by atoms with Gasteiger partial charge in [0.2, 0.25) is 0 Å². The largest absolute Gasteiger partial charge is 0.496 e. The third-order valence-corrected chi connectivity index (χ3v) is 4.87. The number of aryl methyl sites for hydroxylation is 1. The van der Waals surface area contributed by atoms with Gasteiger partial charge in [-0.1, -0.05) is 22.0 Å². The van der Waals surface area contributed by atoms with Crippen LogP contribution in [0.3, 0.4) is 0 Å². The minimum atomic E-state index is -0.320. The van der Waals surface area contributed by atoms with E-state index in [9.17, 15) is 0 Å². The lowest BCUT2D eigenvalue weighted by molar-refractivity contribution is 0.397. The summed E-state index contributed by atoms with van der Waals surface area (Å²) in [6, 6.07) is 9.85. The van der Waals surface area contributed by atoms with Gasteiger partial charge in [0.05, 0.1) is 24.1 Å². The molecule has 2 rings (SSSR count). The van der Waals surface area contributed by atoms with Crippen molar-refractivity contribution >= 4 is 43.5 Å². The van der Waals surface area contributed by atoms with Crippen LogP contribution in [0.1, 0.15) is 22.1 Å². The van der Waals surface area contributed by atoms with E-state index in [1.807, 2.05) is 37.3 Å². The molecule has 0 aliphatic heterocycles. The smallest absolute Gasteiger partial charge is 0.133 e. The molecule has 0 amide bonds. The molecule has 0 aliphatic rings. The van der Waals surface area contributed by atoms with Gasteiger partial charge < -0.3 is 9.47 Å². The molecule has 0 saturated carbocycles. The van der Waals surface area contributed by atoms with E-state index in [2.05, 4.69) is 31.9 Å². The van der Waals surface area contributed by atoms with Crippen LogP contribution in [0.15, 0.2) is 39.3 Å². The summed E-state index contributed by atoms with van der Waals surface area (Å²) in [5.74, 6) is 1.45. The number of hydrogen-bond donors (Lipinski definition) is 0. The first-order chi connectivity index (χ1) is 9.97. The maximum absolute atomic E-state index is 6.70. The SMILES string of the molecule is COc1cc(C(Cl)c2cc(Br)ccc2C)c(OC)cc1Br. The Labute approximate surface area is 146 Å². The Bertz CT molecular complexity index is 659. The first-order valence-electron chi connectivity index (χ1n) is 6.29. The van der Waals surface area contributed by atoms with Gasteiger partial charge in [-0.25, -0.2) is 0 Å². The highest BCUT2D eigenvalue weighted by Crippen LogP contribution is 2.42. The predicted molar refractivity (Wildman–Crippen MR) is 93.8 cm³/mol. The molecule has 1 unspecified atom stereocenters. The second-order valence-corrected chi connectivity index (χ2v) is 6.80. The van der Waals surface area contributed by atoms with Gasteiger partial charge in [-0.2, -0.15) is 0 Å². The lowest BCUT2D eigenvalue weighted by Crippen LogP contribution is -2.01. The Morgan fingerprint density at radius 3 is 2.24 bits per heavy atom. The Morgan fingerprint density at radius 2 is 1.62 bits per heavy atom. The third-order valence-electron chi connectivity index (χ3n) is 3.29. The van der Waals surface area contributed by atoms with Crippen molar-refractivity contribution in [3.05, 3.63) is 56.0 Å². The van der Waals surface area contributed by atoms with Crippen LogP contribution in [0.4, 0.5) is 0 Å². The van der Waals surface area contributed by atoms with Crippen LogP contribution in [0.5, 0.6) is 11.5 Å². The van der Waals surface area contributed by atoms with Gasteiger partial charge in [0.1, 0.15) is 11.5 Å². The van der Waals surface area contributed by atoms with E-state index >= 15 is 0 Å². The zero-order valence-electron chi connectivity index (χ0n) is 11.9. The van der Waals surface area contributed by atoms with E-state index in [1.165, 1.54) is 0 Å². The van der Waals surface area contributed by atoms with Crippen molar-refractivity contribution in [1.82, 2.24) is 0 Å².